The minimum Gasteiger partial charge on any atom is -0.479 e. The number of aliphatic imine (C=N–C) groups is 1. The summed E-state index contributed by atoms with van der Waals surface area (Å²) in [4.78, 5) is 14.8. The molecule has 1 heterocycles. The largest absolute Gasteiger partial charge is 0.479 e. The maximum absolute atomic E-state index is 10.9. The number of aliphatic carboxylic acids is 1. The van der Waals surface area contributed by atoms with Crippen molar-refractivity contribution in [2.75, 3.05) is 18.6 Å². The molecule has 1 rings (SSSR count). The van der Waals surface area contributed by atoms with Crippen molar-refractivity contribution in [1.82, 2.24) is 5.32 Å². The van der Waals surface area contributed by atoms with Crippen LogP contribution in [0.4, 0.5) is 0 Å². The number of hydrogen-bond acceptors (Lipinski definition) is 4. The van der Waals surface area contributed by atoms with Crippen molar-refractivity contribution in [1.29, 1.82) is 0 Å². The highest BCUT2D eigenvalue weighted by Gasteiger charge is 2.39. The molecule has 1 aliphatic rings. The number of carbonyl (C=O) groups is 1. The summed E-state index contributed by atoms with van der Waals surface area (Å²) in [5.41, 5.74) is -0.900. The van der Waals surface area contributed by atoms with E-state index in [1.165, 1.54) is 6.34 Å². The summed E-state index contributed by atoms with van der Waals surface area (Å²) >= 11 is 1.64. The number of nitrogens with one attached hydrogen (secondary N) is 1. The van der Waals surface area contributed by atoms with Gasteiger partial charge in [0.05, 0.1) is 12.9 Å². The standard InChI is InChI=1S/C7H12N2O2S/c1-12-3-2-7(6(10)11)4-8-5-9-7/h5H,2-4H2,1H3,(H,8,9)(H,10,11). The van der Waals surface area contributed by atoms with Crippen LogP contribution in [-0.4, -0.2) is 41.5 Å². The Labute approximate surface area is 75.4 Å². The molecule has 5 heteroatoms. The van der Waals surface area contributed by atoms with Crippen LogP contribution in [0, 0.1) is 0 Å². The van der Waals surface area contributed by atoms with E-state index in [0.717, 1.165) is 5.75 Å². The summed E-state index contributed by atoms with van der Waals surface area (Å²) in [5, 5.41) is 11.7. The molecule has 0 aliphatic carbocycles. The fourth-order valence-corrected chi connectivity index (χ4v) is 1.63. The summed E-state index contributed by atoms with van der Waals surface area (Å²) in [7, 11) is 0. The molecule has 12 heavy (non-hydrogen) atoms. The summed E-state index contributed by atoms with van der Waals surface area (Å²) in [6.07, 6.45) is 4.03. The number of rotatable bonds is 4. The second-order valence-electron chi connectivity index (χ2n) is 2.72. The highest BCUT2D eigenvalue weighted by Crippen LogP contribution is 2.20. The fourth-order valence-electron chi connectivity index (χ4n) is 1.09. The summed E-state index contributed by atoms with van der Waals surface area (Å²) in [6, 6.07) is 0. The Bertz CT molecular complexity index is 208. The molecule has 0 fully saturated rings. The zero-order valence-electron chi connectivity index (χ0n) is 6.91. The molecule has 1 aliphatic heterocycles. The van der Waals surface area contributed by atoms with Gasteiger partial charge in [0, 0.05) is 0 Å². The Hall–Kier alpha value is -0.710. The molecule has 0 saturated carbocycles. The molecule has 0 saturated heterocycles. The first-order valence-corrected chi connectivity index (χ1v) is 5.10. The Morgan fingerprint density at radius 1 is 1.92 bits per heavy atom. The molecule has 0 spiro atoms. The Balaban J connectivity index is 2.60. The average molecular weight is 188 g/mol. The minimum absolute atomic E-state index is 0.420. The van der Waals surface area contributed by atoms with Crippen molar-refractivity contribution < 1.29 is 9.90 Å². The van der Waals surface area contributed by atoms with Gasteiger partial charge in [-0.25, -0.2) is 4.79 Å². The molecular formula is C7H12N2O2S. The van der Waals surface area contributed by atoms with Crippen molar-refractivity contribution in [3.05, 3.63) is 0 Å². The van der Waals surface area contributed by atoms with Crippen LogP contribution in [0.3, 0.4) is 0 Å². The first-order chi connectivity index (χ1) is 5.71. The highest BCUT2D eigenvalue weighted by molar-refractivity contribution is 7.98. The maximum atomic E-state index is 10.9. The summed E-state index contributed by atoms with van der Waals surface area (Å²) in [5.74, 6) is -0.0106. The molecule has 68 valence electrons. The fraction of sp³-hybridized carbons (Fsp3) is 0.714. The van der Waals surface area contributed by atoms with E-state index in [1.54, 1.807) is 11.8 Å². The molecule has 1 atom stereocenters. The third-order valence-electron chi connectivity index (χ3n) is 1.92. The van der Waals surface area contributed by atoms with Crippen LogP contribution in [0.2, 0.25) is 0 Å². The first-order valence-electron chi connectivity index (χ1n) is 3.71. The van der Waals surface area contributed by atoms with Gasteiger partial charge in [0.15, 0.2) is 5.54 Å². The predicted molar refractivity (Wildman–Crippen MR) is 49.9 cm³/mol. The van der Waals surface area contributed by atoms with Gasteiger partial charge in [-0.3, -0.25) is 4.99 Å². The summed E-state index contributed by atoms with van der Waals surface area (Å²) in [6.45, 7) is 0.420. The van der Waals surface area contributed by atoms with Gasteiger partial charge < -0.3 is 10.4 Å². The van der Waals surface area contributed by atoms with Gasteiger partial charge in [-0.2, -0.15) is 11.8 Å². The summed E-state index contributed by atoms with van der Waals surface area (Å²) < 4.78 is 0. The lowest BCUT2D eigenvalue weighted by molar-refractivity contribution is -0.142. The van der Waals surface area contributed by atoms with E-state index in [-0.39, 0.29) is 0 Å². The third kappa shape index (κ3) is 1.72. The highest BCUT2D eigenvalue weighted by atomic mass is 32.2. The van der Waals surface area contributed by atoms with Crippen LogP contribution in [0.5, 0.6) is 0 Å². The van der Waals surface area contributed by atoms with Crippen molar-refractivity contribution in [2.45, 2.75) is 12.0 Å². The van der Waals surface area contributed by atoms with Crippen LogP contribution in [-0.2, 0) is 4.79 Å². The topological polar surface area (TPSA) is 61.7 Å². The molecule has 2 N–H and O–H groups in total. The Morgan fingerprint density at radius 3 is 3.08 bits per heavy atom. The molecule has 0 amide bonds. The van der Waals surface area contributed by atoms with Crippen LogP contribution < -0.4 is 5.32 Å². The van der Waals surface area contributed by atoms with Crippen molar-refractivity contribution in [3.63, 3.8) is 0 Å². The van der Waals surface area contributed by atoms with Crippen LogP contribution in [0.1, 0.15) is 6.42 Å². The van der Waals surface area contributed by atoms with E-state index in [9.17, 15) is 4.79 Å². The Morgan fingerprint density at radius 2 is 2.67 bits per heavy atom. The molecule has 0 bridgehead atoms. The van der Waals surface area contributed by atoms with Crippen LogP contribution >= 0.6 is 11.8 Å². The monoisotopic (exact) mass is 188 g/mol. The van der Waals surface area contributed by atoms with Crippen molar-refractivity contribution in [2.24, 2.45) is 4.99 Å². The SMILES string of the molecule is CSCCC1(C(=O)O)CNC=N1. The molecule has 0 radical (unpaired) electrons. The number of thioether (sulfide) groups is 1. The van der Waals surface area contributed by atoms with Crippen LogP contribution in [0.25, 0.3) is 0 Å². The zero-order chi connectivity index (χ0) is 9.03. The zero-order valence-corrected chi connectivity index (χ0v) is 7.73. The number of nitrogens with zero attached hydrogens (tertiary/aromatic N) is 1. The van der Waals surface area contributed by atoms with Gasteiger partial charge in [0.2, 0.25) is 0 Å². The number of carboxylic acid groups (broad SMARTS) is 1. The number of hydrogen-bond donors (Lipinski definition) is 2. The van der Waals surface area contributed by atoms with Gasteiger partial charge in [-0.1, -0.05) is 0 Å². The molecule has 4 nitrogen and oxygen atoms in total. The quantitative estimate of drug-likeness (QED) is 0.661. The van der Waals surface area contributed by atoms with Crippen LogP contribution in [0.15, 0.2) is 4.99 Å². The second kappa shape index (κ2) is 3.80. The van der Waals surface area contributed by atoms with Gasteiger partial charge in [-0.05, 0) is 18.4 Å². The van der Waals surface area contributed by atoms with Gasteiger partial charge in [0.25, 0.3) is 0 Å². The molecule has 0 aromatic carbocycles. The normalized spacial score (nSPS) is 27.1. The van der Waals surface area contributed by atoms with Gasteiger partial charge in [0.1, 0.15) is 0 Å². The van der Waals surface area contributed by atoms with Crippen molar-refractivity contribution >= 4 is 24.1 Å². The van der Waals surface area contributed by atoms with Crippen molar-refractivity contribution in [3.8, 4) is 0 Å². The minimum atomic E-state index is -0.900. The average Bonchev–Trinajstić information content (AvgIpc) is 2.50. The van der Waals surface area contributed by atoms with Gasteiger partial charge in [-0.15, -0.1) is 0 Å². The smallest absolute Gasteiger partial charge is 0.333 e. The molecule has 0 aromatic rings. The predicted octanol–water partition coefficient (Wildman–Crippen LogP) is 0.194. The first kappa shape index (κ1) is 9.38. The Kier molecular flexibility index (Phi) is 2.97. The van der Waals surface area contributed by atoms with E-state index >= 15 is 0 Å². The lowest BCUT2D eigenvalue weighted by Crippen LogP contribution is -2.41. The van der Waals surface area contributed by atoms with E-state index in [0.29, 0.717) is 13.0 Å². The van der Waals surface area contributed by atoms with E-state index in [1.807, 2.05) is 6.26 Å². The lowest BCUT2D eigenvalue weighted by Gasteiger charge is -2.18. The third-order valence-corrected chi connectivity index (χ3v) is 2.53. The maximum Gasteiger partial charge on any atom is 0.333 e. The van der Waals surface area contributed by atoms with Gasteiger partial charge >= 0.3 is 5.97 Å². The number of carboxylic acids is 1. The van der Waals surface area contributed by atoms with E-state index in [4.69, 9.17) is 5.11 Å². The molecule has 1 unspecified atom stereocenters. The van der Waals surface area contributed by atoms with E-state index in [2.05, 4.69) is 10.3 Å². The lowest BCUT2D eigenvalue weighted by atomic mass is 9.98. The second-order valence-corrected chi connectivity index (χ2v) is 3.70. The molecular weight excluding hydrogens is 176 g/mol. The van der Waals surface area contributed by atoms with E-state index < -0.39 is 11.5 Å². The molecule has 0 aromatic heterocycles.